The molecule has 0 radical (unpaired) electrons. The predicted octanol–water partition coefficient (Wildman–Crippen LogP) is 3.71. The highest BCUT2D eigenvalue weighted by Gasteiger charge is 2.09. The summed E-state index contributed by atoms with van der Waals surface area (Å²) >= 11 is 0. The molecular formula is C26H32N2O8. The number of esters is 2. The molecule has 2 aromatic carbocycles. The fourth-order valence-electron chi connectivity index (χ4n) is 2.89. The van der Waals surface area contributed by atoms with Crippen LogP contribution >= 0.6 is 0 Å². The van der Waals surface area contributed by atoms with E-state index in [4.69, 9.17) is 18.9 Å². The second kappa shape index (κ2) is 15.8. The maximum absolute atomic E-state index is 11.8. The standard InChI is InChI=1S/C26H32N2O8/c1-19(29)27-21-5-9-23(10-6-21)33-15-3-17-35-25(31)13-14-26(32)36-18-4-16-34-24-11-7-22(8-12-24)28-20(2)30/h5-12H,3-4,13-18H2,1-2H3,(H,27,29)(H,28,30). The van der Waals surface area contributed by atoms with Crippen LogP contribution in [0.15, 0.2) is 48.5 Å². The lowest BCUT2D eigenvalue weighted by atomic mass is 10.3. The van der Waals surface area contributed by atoms with Crippen molar-refractivity contribution in [3.63, 3.8) is 0 Å². The Balaban J connectivity index is 1.46. The molecule has 0 unspecified atom stereocenters. The number of anilines is 2. The molecule has 36 heavy (non-hydrogen) atoms. The van der Waals surface area contributed by atoms with E-state index in [2.05, 4.69) is 10.6 Å². The first-order valence-corrected chi connectivity index (χ1v) is 11.6. The largest absolute Gasteiger partial charge is 0.493 e. The van der Waals surface area contributed by atoms with Crippen molar-refractivity contribution >= 4 is 35.1 Å². The molecule has 0 aliphatic carbocycles. The van der Waals surface area contributed by atoms with Gasteiger partial charge in [0.1, 0.15) is 11.5 Å². The van der Waals surface area contributed by atoms with Gasteiger partial charge in [0.25, 0.3) is 0 Å². The van der Waals surface area contributed by atoms with E-state index in [0.717, 1.165) is 0 Å². The fourth-order valence-corrected chi connectivity index (χ4v) is 2.89. The first-order valence-electron chi connectivity index (χ1n) is 11.6. The Hall–Kier alpha value is -4.08. The van der Waals surface area contributed by atoms with Gasteiger partial charge in [-0.1, -0.05) is 0 Å². The Labute approximate surface area is 210 Å². The van der Waals surface area contributed by atoms with E-state index in [1.54, 1.807) is 48.5 Å². The van der Waals surface area contributed by atoms with Crippen LogP contribution in [0.25, 0.3) is 0 Å². The summed E-state index contributed by atoms with van der Waals surface area (Å²) in [5.41, 5.74) is 1.36. The smallest absolute Gasteiger partial charge is 0.306 e. The van der Waals surface area contributed by atoms with Crippen molar-refractivity contribution in [3.05, 3.63) is 48.5 Å². The van der Waals surface area contributed by atoms with Gasteiger partial charge in [0.15, 0.2) is 0 Å². The molecule has 0 aliphatic rings. The molecule has 194 valence electrons. The average Bonchev–Trinajstić information content (AvgIpc) is 2.83. The molecule has 2 aromatic rings. The van der Waals surface area contributed by atoms with Gasteiger partial charge in [-0.05, 0) is 48.5 Å². The van der Waals surface area contributed by atoms with Gasteiger partial charge in [-0.3, -0.25) is 19.2 Å². The Morgan fingerprint density at radius 3 is 1.28 bits per heavy atom. The molecule has 0 heterocycles. The molecule has 0 spiro atoms. The van der Waals surface area contributed by atoms with E-state index in [-0.39, 0.29) is 37.9 Å². The van der Waals surface area contributed by atoms with Gasteiger partial charge in [-0.2, -0.15) is 0 Å². The lowest BCUT2D eigenvalue weighted by molar-refractivity contribution is -0.150. The summed E-state index contributed by atoms with van der Waals surface area (Å²) in [5, 5.41) is 5.34. The fraction of sp³-hybridized carbons (Fsp3) is 0.385. The number of hydrogen-bond donors (Lipinski definition) is 2. The highest BCUT2D eigenvalue weighted by molar-refractivity contribution is 5.89. The normalized spacial score (nSPS) is 10.2. The molecule has 0 aromatic heterocycles. The van der Waals surface area contributed by atoms with Gasteiger partial charge >= 0.3 is 11.9 Å². The molecule has 0 saturated carbocycles. The first kappa shape index (κ1) is 28.2. The minimum Gasteiger partial charge on any atom is -0.493 e. The maximum Gasteiger partial charge on any atom is 0.306 e. The van der Waals surface area contributed by atoms with Crippen molar-refractivity contribution < 1.29 is 38.1 Å². The highest BCUT2D eigenvalue weighted by atomic mass is 16.5. The zero-order valence-corrected chi connectivity index (χ0v) is 20.5. The van der Waals surface area contributed by atoms with Gasteiger partial charge in [0.2, 0.25) is 11.8 Å². The summed E-state index contributed by atoms with van der Waals surface area (Å²) in [4.78, 5) is 45.6. The third kappa shape index (κ3) is 12.4. The molecule has 0 aliphatic heterocycles. The third-order valence-corrected chi connectivity index (χ3v) is 4.52. The lowest BCUT2D eigenvalue weighted by Crippen LogP contribution is -2.13. The van der Waals surface area contributed by atoms with Crippen LogP contribution in [0.2, 0.25) is 0 Å². The number of carbonyl (C=O) groups is 4. The quantitative estimate of drug-likeness (QED) is 0.280. The van der Waals surface area contributed by atoms with E-state index in [1.807, 2.05) is 0 Å². The zero-order chi connectivity index (χ0) is 26.2. The summed E-state index contributed by atoms with van der Waals surface area (Å²) in [6, 6.07) is 13.9. The number of nitrogens with one attached hydrogen (secondary N) is 2. The average molecular weight is 501 g/mol. The number of benzene rings is 2. The van der Waals surface area contributed by atoms with Crippen LogP contribution in [-0.2, 0) is 28.7 Å². The van der Waals surface area contributed by atoms with Crippen LogP contribution in [0.5, 0.6) is 11.5 Å². The molecule has 0 fully saturated rings. The third-order valence-electron chi connectivity index (χ3n) is 4.52. The van der Waals surface area contributed by atoms with Gasteiger partial charge in [-0.25, -0.2) is 0 Å². The van der Waals surface area contributed by atoms with Crippen molar-refractivity contribution in [2.75, 3.05) is 37.1 Å². The zero-order valence-electron chi connectivity index (χ0n) is 20.5. The van der Waals surface area contributed by atoms with Crippen molar-refractivity contribution in [3.8, 4) is 11.5 Å². The van der Waals surface area contributed by atoms with Gasteiger partial charge in [-0.15, -0.1) is 0 Å². The molecule has 10 nitrogen and oxygen atoms in total. The highest BCUT2D eigenvalue weighted by Crippen LogP contribution is 2.16. The molecule has 0 bridgehead atoms. The minimum atomic E-state index is -0.474. The number of ether oxygens (including phenoxy) is 4. The molecule has 2 N–H and O–H groups in total. The molecule has 2 rings (SSSR count). The van der Waals surface area contributed by atoms with Crippen molar-refractivity contribution in [2.24, 2.45) is 0 Å². The van der Waals surface area contributed by atoms with Gasteiger partial charge < -0.3 is 29.6 Å². The SMILES string of the molecule is CC(=O)Nc1ccc(OCCCOC(=O)CCC(=O)OCCCOc2ccc(NC(C)=O)cc2)cc1. The van der Waals surface area contributed by atoms with Gasteiger partial charge in [0, 0.05) is 38.1 Å². The molecule has 0 atom stereocenters. The second-order valence-electron chi connectivity index (χ2n) is 7.76. The Kier molecular flexibility index (Phi) is 12.3. The lowest BCUT2D eigenvalue weighted by Gasteiger charge is -2.09. The monoisotopic (exact) mass is 500 g/mol. The predicted molar refractivity (Wildman–Crippen MR) is 133 cm³/mol. The first-order chi connectivity index (χ1) is 17.3. The van der Waals surface area contributed by atoms with Crippen LogP contribution in [0, 0.1) is 0 Å². The molecule has 10 heteroatoms. The van der Waals surface area contributed by atoms with E-state index in [0.29, 0.717) is 48.9 Å². The van der Waals surface area contributed by atoms with Crippen molar-refractivity contribution in [1.29, 1.82) is 0 Å². The summed E-state index contributed by atoms with van der Waals surface area (Å²) < 4.78 is 21.3. The summed E-state index contributed by atoms with van der Waals surface area (Å²) in [5.74, 6) is 0.0446. The molecular weight excluding hydrogens is 468 g/mol. The van der Waals surface area contributed by atoms with Crippen molar-refractivity contribution in [2.45, 2.75) is 39.5 Å². The van der Waals surface area contributed by atoms with E-state index in [9.17, 15) is 19.2 Å². The molecule has 0 saturated heterocycles. The van der Waals surface area contributed by atoms with E-state index < -0.39 is 11.9 Å². The Morgan fingerprint density at radius 2 is 0.944 bits per heavy atom. The Bertz CT molecular complexity index is 909. The van der Waals surface area contributed by atoms with Crippen LogP contribution in [-0.4, -0.2) is 50.2 Å². The summed E-state index contributed by atoms with van der Waals surface area (Å²) in [6.07, 6.45) is 0.891. The number of carbonyl (C=O) groups excluding carboxylic acids is 4. The minimum absolute atomic E-state index is 0.0541. The van der Waals surface area contributed by atoms with Gasteiger partial charge in [0.05, 0.1) is 39.3 Å². The molecule has 2 amide bonds. The van der Waals surface area contributed by atoms with Crippen molar-refractivity contribution in [1.82, 2.24) is 0 Å². The van der Waals surface area contributed by atoms with E-state index >= 15 is 0 Å². The van der Waals surface area contributed by atoms with Crippen LogP contribution in [0.1, 0.15) is 39.5 Å². The topological polar surface area (TPSA) is 129 Å². The second-order valence-corrected chi connectivity index (χ2v) is 7.76. The number of hydrogen-bond acceptors (Lipinski definition) is 8. The van der Waals surface area contributed by atoms with Crippen LogP contribution < -0.4 is 20.1 Å². The summed E-state index contributed by atoms with van der Waals surface area (Å²) in [6.45, 7) is 3.95. The number of amides is 2. The van der Waals surface area contributed by atoms with Crippen LogP contribution in [0.3, 0.4) is 0 Å². The Morgan fingerprint density at radius 1 is 0.583 bits per heavy atom. The maximum atomic E-state index is 11.8. The van der Waals surface area contributed by atoms with Crippen LogP contribution in [0.4, 0.5) is 11.4 Å². The van der Waals surface area contributed by atoms with E-state index in [1.165, 1.54) is 13.8 Å². The summed E-state index contributed by atoms with van der Waals surface area (Å²) in [7, 11) is 0. The number of rotatable bonds is 15.